The molecule has 0 aromatic heterocycles. The van der Waals surface area contributed by atoms with Gasteiger partial charge >= 0.3 is 5.92 Å². The maximum atomic E-state index is 13.3. The summed E-state index contributed by atoms with van der Waals surface area (Å²) in [6.45, 7) is 0.617. The molecule has 4 unspecified atom stereocenters. The van der Waals surface area contributed by atoms with E-state index in [0.717, 1.165) is 15.8 Å². The standard InChI is InChI=1S/C18H20BrF2N3O2S/c1-17(20,21)15(25)23-10-3-5-14-12(7-10)18(8-27-16(22)24-18)11-6-9(19)2-4-13(11)26-14/h2,4,6,10,12,14H,3,5,7-8H2,1H3,(H2,22,24)(H,23,25). The first-order valence-corrected chi connectivity index (χ1v) is 10.6. The van der Waals surface area contributed by atoms with Gasteiger partial charge in [0.2, 0.25) is 0 Å². The molecule has 5 nitrogen and oxygen atoms in total. The Morgan fingerprint density at radius 3 is 2.93 bits per heavy atom. The van der Waals surface area contributed by atoms with E-state index in [4.69, 9.17) is 15.5 Å². The Labute approximate surface area is 168 Å². The molecule has 1 aromatic rings. The van der Waals surface area contributed by atoms with E-state index in [0.29, 0.717) is 37.1 Å². The van der Waals surface area contributed by atoms with Crippen LogP contribution < -0.4 is 15.8 Å². The first-order chi connectivity index (χ1) is 12.7. The summed E-state index contributed by atoms with van der Waals surface area (Å²) in [7, 11) is 0. The van der Waals surface area contributed by atoms with Crippen LogP contribution in [0.2, 0.25) is 0 Å². The summed E-state index contributed by atoms with van der Waals surface area (Å²) in [4.78, 5) is 16.6. The fraction of sp³-hybridized carbons (Fsp3) is 0.556. The molecule has 2 aliphatic heterocycles. The van der Waals surface area contributed by atoms with Crippen LogP contribution in [0.4, 0.5) is 8.78 Å². The molecule has 3 aliphatic rings. The van der Waals surface area contributed by atoms with Gasteiger partial charge in [-0.05, 0) is 37.5 Å². The SMILES string of the molecule is CC(F)(F)C(=O)NC1CCC2Oc3ccc(Br)cc3C3(CSC(N)=N3)C2C1. The Hall–Kier alpha value is -1.35. The van der Waals surface area contributed by atoms with E-state index < -0.39 is 17.4 Å². The molecule has 1 amide bonds. The fourth-order valence-corrected chi connectivity index (χ4v) is 5.70. The second kappa shape index (κ2) is 6.62. The van der Waals surface area contributed by atoms with Gasteiger partial charge in [-0.2, -0.15) is 8.78 Å². The lowest BCUT2D eigenvalue weighted by Gasteiger charge is -2.48. The summed E-state index contributed by atoms with van der Waals surface area (Å²) in [5.74, 6) is -3.19. The van der Waals surface area contributed by atoms with Crippen molar-refractivity contribution in [2.75, 3.05) is 5.75 Å². The number of amides is 1. The number of carbonyl (C=O) groups is 1. The average Bonchev–Trinajstić information content (AvgIpc) is 2.98. The second-order valence-corrected chi connectivity index (χ2v) is 9.35. The largest absolute Gasteiger partial charge is 0.490 e. The smallest absolute Gasteiger partial charge is 0.321 e. The minimum absolute atomic E-state index is 0.0441. The number of hydrogen-bond donors (Lipinski definition) is 2. The zero-order chi connectivity index (χ0) is 19.4. The number of nitrogens with one attached hydrogen (secondary N) is 1. The third-order valence-electron chi connectivity index (χ3n) is 5.57. The summed E-state index contributed by atoms with van der Waals surface area (Å²) in [5.41, 5.74) is 6.42. The van der Waals surface area contributed by atoms with Crippen molar-refractivity contribution in [3.05, 3.63) is 28.2 Å². The van der Waals surface area contributed by atoms with E-state index in [1.54, 1.807) is 0 Å². The Kier molecular flexibility index (Phi) is 4.65. The molecule has 0 saturated heterocycles. The molecule has 1 saturated carbocycles. The van der Waals surface area contributed by atoms with Crippen molar-refractivity contribution in [2.24, 2.45) is 16.6 Å². The van der Waals surface area contributed by atoms with Crippen LogP contribution in [0.1, 0.15) is 31.7 Å². The molecular weight excluding hydrogens is 440 g/mol. The predicted molar refractivity (Wildman–Crippen MR) is 104 cm³/mol. The Morgan fingerprint density at radius 1 is 1.48 bits per heavy atom. The number of halogens is 3. The highest BCUT2D eigenvalue weighted by Gasteiger charge is 2.55. The lowest BCUT2D eigenvalue weighted by Crippen LogP contribution is -2.55. The number of hydrogen-bond acceptors (Lipinski definition) is 5. The van der Waals surface area contributed by atoms with Crippen molar-refractivity contribution in [1.82, 2.24) is 5.32 Å². The minimum atomic E-state index is -3.39. The van der Waals surface area contributed by atoms with Gasteiger partial charge < -0.3 is 15.8 Å². The maximum absolute atomic E-state index is 13.3. The zero-order valence-corrected chi connectivity index (χ0v) is 17.1. The van der Waals surface area contributed by atoms with Crippen molar-refractivity contribution in [1.29, 1.82) is 0 Å². The number of nitrogens with zero attached hydrogens (tertiary/aromatic N) is 1. The monoisotopic (exact) mass is 459 g/mol. The van der Waals surface area contributed by atoms with E-state index in [2.05, 4.69) is 21.2 Å². The number of benzene rings is 1. The molecule has 0 radical (unpaired) electrons. The van der Waals surface area contributed by atoms with Crippen molar-refractivity contribution >= 4 is 38.8 Å². The molecule has 4 atom stereocenters. The summed E-state index contributed by atoms with van der Waals surface area (Å²) in [6, 6.07) is 5.52. The molecule has 146 valence electrons. The first kappa shape index (κ1) is 19.0. The van der Waals surface area contributed by atoms with E-state index in [9.17, 15) is 13.6 Å². The van der Waals surface area contributed by atoms with Crippen LogP contribution in [-0.4, -0.2) is 34.9 Å². The molecule has 3 N–H and O–H groups in total. The molecule has 27 heavy (non-hydrogen) atoms. The van der Waals surface area contributed by atoms with Crippen LogP contribution in [0.5, 0.6) is 5.75 Å². The number of nitrogens with two attached hydrogens (primary N) is 1. The van der Waals surface area contributed by atoms with Crippen molar-refractivity contribution in [2.45, 2.75) is 49.8 Å². The lowest BCUT2D eigenvalue weighted by molar-refractivity contribution is -0.144. The quantitative estimate of drug-likeness (QED) is 0.710. The third-order valence-corrected chi connectivity index (χ3v) is 7.04. The number of carbonyl (C=O) groups excluding carboxylic acids is 1. The first-order valence-electron chi connectivity index (χ1n) is 8.82. The molecule has 1 aromatic carbocycles. The minimum Gasteiger partial charge on any atom is -0.490 e. The number of ether oxygens (including phenoxy) is 1. The van der Waals surface area contributed by atoms with E-state index in [1.807, 2.05) is 18.2 Å². The Morgan fingerprint density at radius 2 is 2.26 bits per heavy atom. The molecule has 0 bridgehead atoms. The number of alkyl halides is 2. The summed E-state index contributed by atoms with van der Waals surface area (Å²) < 4.78 is 33.8. The van der Waals surface area contributed by atoms with Gasteiger partial charge in [0, 0.05) is 34.7 Å². The van der Waals surface area contributed by atoms with Crippen LogP contribution in [0.25, 0.3) is 0 Å². The van der Waals surface area contributed by atoms with Crippen LogP contribution in [0.3, 0.4) is 0 Å². The normalized spacial score (nSPS) is 32.3. The lowest BCUT2D eigenvalue weighted by atomic mass is 9.67. The fourth-order valence-electron chi connectivity index (χ4n) is 4.31. The number of fused-ring (bicyclic) bond motifs is 4. The van der Waals surface area contributed by atoms with Gasteiger partial charge in [0.15, 0.2) is 5.17 Å². The van der Waals surface area contributed by atoms with Crippen LogP contribution in [0, 0.1) is 5.92 Å². The Balaban J connectivity index is 1.68. The van der Waals surface area contributed by atoms with Crippen molar-refractivity contribution in [3.8, 4) is 5.75 Å². The van der Waals surface area contributed by atoms with Crippen LogP contribution >= 0.6 is 27.7 Å². The van der Waals surface area contributed by atoms with E-state index in [1.165, 1.54) is 11.8 Å². The summed E-state index contributed by atoms with van der Waals surface area (Å²) in [5, 5.41) is 3.03. The second-order valence-electron chi connectivity index (χ2n) is 7.44. The van der Waals surface area contributed by atoms with Gasteiger partial charge in [0.05, 0.1) is 0 Å². The molecule has 1 fully saturated rings. The van der Waals surface area contributed by atoms with Crippen LogP contribution in [0.15, 0.2) is 27.7 Å². The van der Waals surface area contributed by atoms with Gasteiger partial charge in [0.25, 0.3) is 5.91 Å². The van der Waals surface area contributed by atoms with Crippen molar-refractivity contribution in [3.63, 3.8) is 0 Å². The van der Waals surface area contributed by atoms with Gasteiger partial charge in [-0.25, -0.2) is 4.99 Å². The predicted octanol–water partition coefficient (Wildman–Crippen LogP) is 3.41. The zero-order valence-electron chi connectivity index (χ0n) is 14.7. The van der Waals surface area contributed by atoms with Gasteiger partial charge in [-0.1, -0.05) is 27.7 Å². The molecule has 9 heteroatoms. The molecule has 1 aliphatic carbocycles. The van der Waals surface area contributed by atoms with E-state index in [-0.39, 0.29) is 18.1 Å². The molecular formula is C18H20BrF2N3O2S. The number of amidine groups is 1. The average molecular weight is 460 g/mol. The topological polar surface area (TPSA) is 76.7 Å². The molecule has 4 rings (SSSR count). The third kappa shape index (κ3) is 3.33. The van der Waals surface area contributed by atoms with Crippen LogP contribution in [-0.2, 0) is 10.3 Å². The maximum Gasteiger partial charge on any atom is 0.321 e. The highest BCUT2D eigenvalue weighted by molar-refractivity contribution is 9.10. The summed E-state index contributed by atoms with van der Waals surface area (Å²) >= 11 is 5.00. The molecule has 1 spiro atoms. The molecule has 2 heterocycles. The van der Waals surface area contributed by atoms with Gasteiger partial charge in [0.1, 0.15) is 17.4 Å². The number of rotatable bonds is 2. The van der Waals surface area contributed by atoms with E-state index >= 15 is 0 Å². The van der Waals surface area contributed by atoms with Crippen molar-refractivity contribution < 1.29 is 18.3 Å². The highest BCUT2D eigenvalue weighted by atomic mass is 79.9. The summed E-state index contributed by atoms with van der Waals surface area (Å²) in [6.07, 6.45) is 1.71. The van der Waals surface area contributed by atoms with Gasteiger partial charge in [-0.15, -0.1) is 0 Å². The number of aliphatic imine (C=N–C) groups is 1. The highest BCUT2D eigenvalue weighted by Crippen LogP contribution is 2.54. The Bertz CT molecular complexity index is 816. The number of thioether (sulfide) groups is 1. The van der Waals surface area contributed by atoms with Gasteiger partial charge in [-0.3, -0.25) is 4.79 Å².